The summed E-state index contributed by atoms with van der Waals surface area (Å²) in [5.41, 5.74) is 0.830. The van der Waals surface area contributed by atoms with Crippen molar-refractivity contribution in [3.8, 4) is 0 Å². The molecule has 3 rings (SSSR count). The van der Waals surface area contributed by atoms with Gasteiger partial charge in [0.2, 0.25) is 10.0 Å². The zero-order valence-corrected chi connectivity index (χ0v) is 20.7. The van der Waals surface area contributed by atoms with Crippen molar-refractivity contribution in [2.24, 2.45) is 0 Å². The number of esters is 1. The topological polar surface area (TPSA) is 96.0 Å². The van der Waals surface area contributed by atoms with E-state index in [2.05, 4.69) is 10.2 Å². The molecule has 1 N–H and O–H groups in total. The Morgan fingerprint density at radius 1 is 1.00 bits per heavy atom. The van der Waals surface area contributed by atoms with Gasteiger partial charge in [-0.3, -0.25) is 4.79 Å². The van der Waals surface area contributed by atoms with Crippen LogP contribution < -0.4 is 10.2 Å². The molecule has 184 valence electrons. The number of carbonyl (C=O) groups is 2. The van der Waals surface area contributed by atoms with E-state index in [0.29, 0.717) is 5.69 Å². The second-order valence-corrected chi connectivity index (χ2v) is 11.4. The quantitative estimate of drug-likeness (QED) is 0.603. The highest BCUT2D eigenvalue weighted by atomic mass is 32.2. The van der Waals surface area contributed by atoms with Crippen LogP contribution in [0.5, 0.6) is 0 Å². The van der Waals surface area contributed by atoms with Gasteiger partial charge < -0.3 is 15.0 Å². The number of nitrogens with zero attached hydrogens (tertiary/aromatic N) is 2. The highest BCUT2D eigenvalue weighted by Crippen LogP contribution is 2.28. The molecule has 1 aliphatic heterocycles. The molecule has 2 fully saturated rings. The van der Waals surface area contributed by atoms with Gasteiger partial charge in [0.25, 0.3) is 5.91 Å². The van der Waals surface area contributed by atoms with Crippen LogP contribution in [-0.2, 0) is 19.6 Å². The fraction of sp³-hybridized carbons (Fsp3) is 0.667. The number of carbonyl (C=O) groups excluding carboxylic acids is 2. The summed E-state index contributed by atoms with van der Waals surface area (Å²) in [6, 6.07) is 4.69. The first kappa shape index (κ1) is 25.5. The molecular formula is C24H37N3O5S. The van der Waals surface area contributed by atoms with Gasteiger partial charge in [0, 0.05) is 33.2 Å². The molecule has 1 saturated carbocycles. The van der Waals surface area contributed by atoms with Crippen LogP contribution in [0, 0.1) is 0 Å². The number of hydrogen-bond donors (Lipinski definition) is 1. The Hall–Kier alpha value is -2.13. The Morgan fingerprint density at radius 2 is 1.61 bits per heavy atom. The van der Waals surface area contributed by atoms with Crippen molar-refractivity contribution in [2.75, 3.05) is 38.7 Å². The van der Waals surface area contributed by atoms with Crippen molar-refractivity contribution in [3.05, 3.63) is 23.8 Å². The largest absolute Gasteiger partial charge is 0.452 e. The summed E-state index contributed by atoms with van der Waals surface area (Å²) in [6.45, 7) is 1.21. The number of nitrogens with one attached hydrogen (secondary N) is 1. The second kappa shape index (κ2) is 11.8. The maximum atomic E-state index is 13.0. The molecule has 0 spiro atoms. The molecule has 0 unspecified atom stereocenters. The summed E-state index contributed by atoms with van der Waals surface area (Å²) in [4.78, 5) is 27.6. The van der Waals surface area contributed by atoms with E-state index in [1.54, 1.807) is 6.07 Å². The molecular weight excluding hydrogens is 442 g/mol. The number of amides is 1. The Kier molecular flexibility index (Phi) is 9.14. The molecule has 1 heterocycles. The molecule has 1 saturated heterocycles. The molecule has 0 atom stereocenters. The predicted octanol–water partition coefficient (Wildman–Crippen LogP) is 3.31. The standard InChI is InChI=1S/C24H37N3O5S/c1-26(2)33(30,31)20-13-14-22(27-15-9-6-10-16-27)21(17-20)24(29)32-18-23(28)25-19-11-7-4-3-5-8-12-19/h13-14,17,19H,3-12,15-16,18H2,1-2H3,(H,25,28). The van der Waals surface area contributed by atoms with Crippen LogP contribution in [0.2, 0.25) is 0 Å². The highest BCUT2D eigenvalue weighted by Gasteiger charge is 2.25. The van der Waals surface area contributed by atoms with Crippen LogP contribution in [0.1, 0.15) is 74.6 Å². The van der Waals surface area contributed by atoms with Gasteiger partial charge in [-0.25, -0.2) is 17.5 Å². The van der Waals surface area contributed by atoms with E-state index < -0.39 is 16.0 Å². The van der Waals surface area contributed by atoms with Crippen LogP contribution in [0.25, 0.3) is 0 Å². The van der Waals surface area contributed by atoms with E-state index in [1.165, 1.54) is 45.5 Å². The summed E-state index contributed by atoms with van der Waals surface area (Å²) in [5, 5.41) is 2.99. The smallest absolute Gasteiger partial charge is 0.340 e. The third-order valence-electron chi connectivity index (χ3n) is 6.47. The number of anilines is 1. The van der Waals surface area contributed by atoms with Crippen LogP contribution >= 0.6 is 0 Å². The van der Waals surface area contributed by atoms with Crippen LogP contribution in [0.15, 0.2) is 23.1 Å². The van der Waals surface area contributed by atoms with E-state index in [0.717, 1.165) is 62.3 Å². The Morgan fingerprint density at radius 3 is 2.24 bits per heavy atom. The SMILES string of the molecule is CN(C)S(=O)(=O)c1ccc(N2CCCCC2)c(C(=O)OCC(=O)NC2CCCCCCC2)c1. The molecule has 0 aromatic heterocycles. The number of sulfonamides is 1. The minimum Gasteiger partial charge on any atom is -0.452 e. The number of rotatable bonds is 7. The van der Waals surface area contributed by atoms with Crippen LogP contribution in [-0.4, -0.2) is 64.4 Å². The summed E-state index contributed by atoms with van der Waals surface area (Å²) in [6.07, 6.45) is 10.9. The average Bonchev–Trinajstić information content (AvgIpc) is 2.79. The lowest BCUT2D eigenvalue weighted by Crippen LogP contribution is -2.38. The second-order valence-electron chi connectivity index (χ2n) is 9.20. The maximum absolute atomic E-state index is 13.0. The monoisotopic (exact) mass is 479 g/mol. The molecule has 9 heteroatoms. The molecule has 0 bridgehead atoms. The average molecular weight is 480 g/mol. The number of hydrogen-bond acceptors (Lipinski definition) is 6. The minimum atomic E-state index is -3.71. The molecule has 33 heavy (non-hydrogen) atoms. The van der Waals surface area contributed by atoms with E-state index >= 15 is 0 Å². The van der Waals surface area contributed by atoms with Gasteiger partial charge >= 0.3 is 5.97 Å². The summed E-state index contributed by atoms with van der Waals surface area (Å²) < 4.78 is 31.7. The predicted molar refractivity (Wildman–Crippen MR) is 128 cm³/mol. The Bertz CT molecular complexity index is 918. The molecule has 0 radical (unpaired) electrons. The van der Waals surface area contributed by atoms with Gasteiger partial charge in [0.05, 0.1) is 16.1 Å². The van der Waals surface area contributed by atoms with E-state index in [4.69, 9.17) is 4.74 Å². The summed E-state index contributed by atoms with van der Waals surface area (Å²) >= 11 is 0. The molecule has 1 amide bonds. The molecule has 1 aromatic rings. The van der Waals surface area contributed by atoms with E-state index in [1.807, 2.05) is 0 Å². The van der Waals surface area contributed by atoms with Gasteiger partial charge in [-0.1, -0.05) is 32.1 Å². The number of piperidine rings is 1. The first-order valence-electron chi connectivity index (χ1n) is 12.1. The lowest BCUT2D eigenvalue weighted by Gasteiger charge is -2.30. The van der Waals surface area contributed by atoms with Gasteiger partial charge in [0.1, 0.15) is 0 Å². The number of benzene rings is 1. The van der Waals surface area contributed by atoms with Gasteiger partial charge in [-0.2, -0.15) is 0 Å². The Balaban J connectivity index is 1.72. The maximum Gasteiger partial charge on any atom is 0.340 e. The lowest BCUT2D eigenvalue weighted by molar-refractivity contribution is -0.125. The summed E-state index contributed by atoms with van der Waals surface area (Å²) in [5.74, 6) is -0.996. The van der Waals surface area contributed by atoms with Crippen molar-refractivity contribution in [1.82, 2.24) is 9.62 Å². The van der Waals surface area contributed by atoms with Crippen molar-refractivity contribution in [1.29, 1.82) is 0 Å². The lowest BCUT2D eigenvalue weighted by atomic mass is 9.97. The van der Waals surface area contributed by atoms with Crippen LogP contribution in [0.4, 0.5) is 5.69 Å². The van der Waals surface area contributed by atoms with E-state index in [-0.39, 0.29) is 29.0 Å². The van der Waals surface area contributed by atoms with Gasteiger partial charge in [0.15, 0.2) is 6.61 Å². The third kappa shape index (κ3) is 6.93. The van der Waals surface area contributed by atoms with Crippen molar-refractivity contribution < 1.29 is 22.7 Å². The fourth-order valence-corrected chi connectivity index (χ4v) is 5.47. The van der Waals surface area contributed by atoms with Crippen molar-refractivity contribution in [2.45, 2.75) is 75.1 Å². The Labute approximate surface area is 197 Å². The molecule has 2 aliphatic rings. The first-order valence-corrected chi connectivity index (χ1v) is 13.5. The summed E-state index contributed by atoms with van der Waals surface area (Å²) in [7, 11) is -0.809. The van der Waals surface area contributed by atoms with Crippen molar-refractivity contribution in [3.63, 3.8) is 0 Å². The molecule has 1 aliphatic carbocycles. The minimum absolute atomic E-state index is 0.0270. The van der Waals surface area contributed by atoms with Crippen LogP contribution in [0.3, 0.4) is 0 Å². The van der Waals surface area contributed by atoms with E-state index in [9.17, 15) is 18.0 Å². The first-order chi connectivity index (χ1) is 15.8. The van der Waals surface area contributed by atoms with Gasteiger partial charge in [-0.15, -0.1) is 0 Å². The fourth-order valence-electron chi connectivity index (χ4n) is 4.54. The molecule has 8 nitrogen and oxygen atoms in total. The normalized spacial score (nSPS) is 18.5. The van der Waals surface area contributed by atoms with Crippen molar-refractivity contribution >= 4 is 27.6 Å². The van der Waals surface area contributed by atoms with Gasteiger partial charge in [-0.05, 0) is 50.3 Å². The third-order valence-corrected chi connectivity index (χ3v) is 8.28. The zero-order chi connectivity index (χ0) is 23.8. The highest BCUT2D eigenvalue weighted by molar-refractivity contribution is 7.89. The molecule has 1 aromatic carbocycles. The number of ether oxygens (including phenoxy) is 1. The zero-order valence-electron chi connectivity index (χ0n) is 19.8.